The van der Waals surface area contributed by atoms with Gasteiger partial charge in [-0.05, 0) is 37.0 Å². The maximum Gasteiger partial charge on any atom is 0.223 e. The molecule has 1 amide bonds. The Balaban J connectivity index is 1.82. The molecule has 2 rings (SSSR count). The first-order chi connectivity index (χ1) is 7.20. The summed E-state index contributed by atoms with van der Waals surface area (Å²) in [6.07, 6.45) is 11.3. The first kappa shape index (κ1) is 10.5. The van der Waals surface area contributed by atoms with Crippen LogP contribution in [0.15, 0.2) is 0 Å². The number of carbonyl (C=O) groups excluding carboxylic acids is 1. The lowest BCUT2D eigenvalue weighted by Gasteiger charge is -2.23. The molecule has 2 saturated carbocycles. The van der Waals surface area contributed by atoms with Crippen molar-refractivity contribution in [3.8, 4) is 12.3 Å². The summed E-state index contributed by atoms with van der Waals surface area (Å²) in [5.74, 6) is 5.14. The SMILES string of the molecule is C#CCN(C)C(=O)CC1CC2CCC1C2. The van der Waals surface area contributed by atoms with Gasteiger partial charge in [0, 0.05) is 13.5 Å². The van der Waals surface area contributed by atoms with Gasteiger partial charge in [0.25, 0.3) is 0 Å². The summed E-state index contributed by atoms with van der Waals surface area (Å²) >= 11 is 0. The van der Waals surface area contributed by atoms with E-state index in [1.54, 1.807) is 11.9 Å². The van der Waals surface area contributed by atoms with E-state index in [4.69, 9.17) is 6.42 Å². The summed E-state index contributed by atoms with van der Waals surface area (Å²) < 4.78 is 0. The molecule has 0 aromatic carbocycles. The molecule has 15 heavy (non-hydrogen) atoms. The largest absolute Gasteiger partial charge is 0.335 e. The summed E-state index contributed by atoms with van der Waals surface area (Å²) in [5.41, 5.74) is 0. The van der Waals surface area contributed by atoms with Crippen LogP contribution in [-0.2, 0) is 4.79 Å². The molecule has 2 fully saturated rings. The second-order valence-corrected chi connectivity index (χ2v) is 5.09. The van der Waals surface area contributed by atoms with E-state index in [2.05, 4.69) is 5.92 Å². The van der Waals surface area contributed by atoms with E-state index < -0.39 is 0 Å². The zero-order valence-corrected chi connectivity index (χ0v) is 9.41. The van der Waals surface area contributed by atoms with Gasteiger partial charge in [-0.1, -0.05) is 12.3 Å². The van der Waals surface area contributed by atoms with Crippen molar-refractivity contribution < 1.29 is 4.79 Å². The van der Waals surface area contributed by atoms with Gasteiger partial charge in [-0.25, -0.2) is 0 Å². The van der Waals surface area contributed by atoms with Crippen LogP contribution in [0, 0.1) is 30.1 Å². The molecule has 3 atom stereocenters. The molecule has 0 radical (unpaired) electrons. The van der Waals surface area contributed by atoms with Gasteiger partial charge in [0.1, 0.15) is 0 Å². The number of carbonyl (C=O) groups is 1. The maximum atomic E-state index is 11.8. The number of amides is 1. The van der Waals surface area contributed by atoms with Crippen molar-refractivity contribution in [1.82, 2.24) is 4.90 Å². The molecule has 0 saturated heterocycles. The van der Waals surface area contributed by atoms with E-state index in [1.165, 1.54) is 25.7 Å². The summed E-state index contributed by atoms with van der Waals surface area (Å²) in [4.78, 5) is 13.5. The highest BCUT2D eigenvalue weighted by Crippen LogP contribution is 2.49. The molecular formula is C13H19NO. The highest BCUT2D eigenvalue weighted by atomic mass is 16.2. The van der Waals surface area contributed by atoms with Crippen LogP contribution >= 0.6 is 0 Å². The Morgan fingerprint density at radius 3 is 2.80 bits per heavy atom. The molecule has 2 heteroatoms. The third kappa shape index (κ3) is 2.17. The van der Waals surface area contributed by atoms with E-state index in [-0.39, 0.29) is 5.91 Å². The molecule has 2 bridgehead atoms. The Morgan fingerprint density at radius 2 is 2.27 bits per heavy atom. The van der Waals surface area contributed by atoms with E-state index in [9.17, 15) is 4.79 Å². The average Bonchev–Trinajstić information content (AvgIpc) is 2.79. The predicted octanol–water partition coefficient (Wildman–Crippen LogP) is 1.90. The lowest BCUT2D eigenvalue weighted by Crippen LogP contribution is -2.29. The monoisotopic (exact) mass is 205 g/mol. The zero-order chi connectivity index (χ0) is 10.8. The average molecular weight is 205 g/mol. The van der Waals surface area contributed by atoms with Gasteiger partial charge in [-0.2, -0.15) is 0 Å². The maximum absolute atomic E-state index is 11.8. The van der Waals surface area contributed by atoms with Gasteiger partial charge in [-0.15, -0.1) is 6.42 Å². The molecule has 2 aliphatic carbocycles. The van der Waals surface area contributed by atoms with Crippen LogP contribution in [0.4, 0.5) is 0 Å². The predicted molar refractivity (Wildman–Crippen MR) is 60.0 cm³/mol. The van der Waals surface area contributed by atoms with Crippen LogP contribution in [0.25, 0.3) is 0 Å². The number of terminal acetylenes is 1. The molecular weight excluding hydrogens is 186 g/mol. The van der Waals surface area contributed by atoms with Crippen molar-refractivity contribution in [3.05, 3.63) is 0 Å². The summed E-state index contributed by atoms with van der Waals surface area (Å²) in [5, 5.41) is 0. The summed E-state index contributed by atoms with van der Waals surface area (Å²) in [6.45, 7) is 0.444. The van der Waals surface area contributed by atoms with Crippen molar-refractivity contribution in [1.29, 1.82) is 0 Å². The highest BCUT2D eigenvalue weighted by molar-refractivity contribution is 5.76. The van der Waals surface area contributed by atoms with Gasteiger partial charge < -0.3 is 4.90 Å². The number of hydrogen-bond acceptors (Lipinski definition) is 1. The van der Waals surface area contributed by atoms with Gasteiger partial charge in [0.05, 0.1) is 6.54 Å². The number of rotatable bonds is 3. The molecule has 0 heterocycles. The molecule has 0 spiro atoms. The van der Waals surface area contributed by atoms with Gasteiger partial charge in [0.15, 0.2) is 0 Å². The van der Waals surface area contributed by atoms with E-state index in [1.807, 2.05) is 0 Å². The molecule has 82 valence electrons. The Hall–Kier alpha value is -0.970. The van der Waals surface area contributed by atoms with Crippen molar-refractivity contribution in [2.75, 3.05) is 13.6 Å². The number of fused-ring (bicyclic) bond motifs is 2. The summed E-state index contributed by atoms with van der Waals surface area (Å²) in [7, 11) is 1.80. The van der Waals surface area contributed by atoms with E-state index in [0.717, 1.165) is 18.3 Å². The fourth-order valence-corrected chi connectivity index (χ4v) is 3.23. The Bertz CT molecular complexity index is 291. The molecule has 0 aromatic rings. The minimum absolute atomic E-state index is 0.227. The standard InChI is InChI=1S/C13H19NO/c1-3-6-14(2)13(15)9-12-8-10-4-5-11(12)7-10/h1,10-12H,4-9H2,2H3. The Morgan fingerprint density at radius 1 is 1.47 bits per heavy atom. The van der Waals surface area contributed by atoms with Crippen LogP contribution in [0.5, 0.6) is 0 Å². The van der Waals surface area contributed by atoms with Crippen molar-refractivity contribution in [3.63, 3.8) is 0 Å². The lowest BCUT2D eigenvalue weighted by molar-refractivity contribution is -0.130. The van der Waals surface area contributed by atoms with Crippen molar-refractivity contribution in [2.45, 2.75) is 32.1 Å². The van der Waals surface area contributed by atoms with E-state index in [0.29, 0.717) is 12.5 Å². The van der Waals surface area contributed by atoms with Crippen LogP contribution in [0.3, 0.4) is 0 Å². The highest BCUT2D eigenvalue weighted by Gasteiger charge is 2.40. The normalized spacial score (nSPS) is 32.7. The van der Waals surface area contributed by atoms with Crippen LogP contribution in [0.2, 0.25) is 0 Å². The number of nitrogens with zero attached hydrogens (tertiary/aromatic N) is 1. The second kappa shape index (κ2) is 4.26. The minimum Gasteiger partial charge on any atom is -0.335 e. The quantitative estimate of drug-likeness (QED) is 0.644. The first-order valence-corrected chi connectivity index (χ1v) is 5.88. The van der Waals surface area contributed by atoms with Crippen molar-refractivity contribution >= 4 is 5.91 Å². The topological polar surface area (TPSA) is 20.3 Å². The molecule has 2 aliphatic rings. The summed E-state index contributed by atoms with van der Waals surface area (Å²) in [6, 6.07) is 0. The lowest BCUT2D eigenvalue weighted by atomic mass is 9.86. The number of hydrogen-bond donors (Lipinski definition) is 0. The molecule has 0 aromatic heterocycles. The smallest absolute Gasteiger partial charge is 0.223 e. The zero-order valence-electron chi connectivity index (χ0n) is 9.41. The van der Waals surface area contributed by atoms with Crippen molar-refractivity contribution in [2.24, 2.45) is 17.8 Å². The molecule has 0 aliphatic heterocycles. The Labute approximate surface area is 92.0 Å². The van der Waals surface area contributed by atoms with Crippen LogP contribution in [0.1, 0.15) is 32.1 Å². The van der Waals surface area contributed by atoms with Crippen LogP contribution < -0.4 is 0 Å². The van der Waals surface area contributed by atoms with Crippen LogP contribution in [-0.4, -0.2) is 24.4 Å². The van der Waals surface area contributed by atoms with Gasteiger partial charge >= 0.3 is 0 Å². The fraction of sp³-hybridized carbons (Fsp3) is 0.769. The Kier molecular flexibility index (Phi) is 3.00. The third-order valence-corrected chi connectivity index (χ3v) is 4.08. The van der Waals surface area contributed by atoms with Gasteiger partial charge in [-0.3, -0.25) is 4.79 Å². The third-order valence-electron chi connectivity index (χ3n) is 4.08. The molecule has 0 N–H and O–H groups in total. The fourth-order valence-electron chi connectivity index (χ4n) is 3.23. The van der Waals surface area contributed by atoms with Gasteiger partial charge in [0.2, 0.25) is 5.91 Å². The second-order valence-electron chi connectivity index (χ2n) is 5.09. The first-order valence-electron chi connectivity index (χ1n) is 5.88. The molecule has 3 unspecified atom stereocenters. The molecule has 2 nitrogen and oxygen atoms in total. The minimum atomic E-state index is 0.227. The van der Waals surface area contributed by atoms with E-state index >= 15 is 0 Å².